The summed E-state index contributed by atoms with van der Waals surface area (Å²) in [5.74, 6) is 2.45. The van der Waals surface area contributed by atoms with E-state index in [1.165, 1.54) is 6.33 Å². The van der Waals surface area contributed by atoms with Gasteiger partial charge >= 0.3 is 0 Å². The van der Waals surface area contributed by atoms with Crippen LogP contribution < -0.4 is 24.8 Å². The van der Waals surface area contributed by atoms with Crippen molar-refractivity contribution < 1.29 is 18.9 Å². The molecule has 0 atom stereocenters. The smallest absolute Gasteiger partial charge is 0.232 e. The fourth-order valence-corrected chi connectivity index (χ4v) is 4.20. The predicted molar refractivity (Wildman–Crippen MR) is 143 cm³/mol. The van der Waals surface area contributed by atoms with Crippen molar-refractivity contribution in [1.29, 1.82) is 0 Å². The van der Waals surface area contributed by atoms with E-state index >= 15 is 0 Å². The number of nitrogens with zero attached hydrogens (tertiary/aromatic N) is 4. The normalized spacial score (nSPS) is 13.8. The average molecular weight is 503 g/mol. The van der Waals surface area contributed by atoms with Crippen molar-refractivity contribution in [2.45, 2.75) is 0 Å². The molecule has 0 saturated carbocycles. The largest absolute Gasteiger partial charge is 0.493 e. The standard InChI is InChI=1S/C27H30N6O4/c1-34-23-16-20(17-24(35-2)25(23)37-15-12-33-10-13-36-14-11-33)30-26-28-18-29-27(32-26)31-22-9-5-7-19-6-3-4-8-21(19)22/h3-9,16-18H,10-15H2,1-2H3,(H2,28,29,30,31,32). The summed E-state index contributed by atoms with van der Waals surface area (Å²) in [6.07, 6.45) is 1.46. The Hall–Kier alpha value is -4.15. The first-order valence-electron chi connectivity index (χ1n) is 12.1. The molecule has 0 amide bonds. The summed E-state index contributed by atoms with van der Waals surface area (Å²) in [6.45, 7) is 4.63. The molecular formula is C27H30N6O4. The number of nitrogens with one attached hydrogen (secondary N) is 2. The third-order valence-corrected chi connectivity index (χ3v) is 6.08. The summed E-state index contributed by atoms with van der Waals surface area (Å²) in [4.78, 5) is 15.4. The second kappa shape index (κ2) is 11.7. The molecule has 0 radical (unpaired) electrons. The monoisotopic (exact) mass is 502 g/mol. The first-order chi connectivity index (χ1) is 18.2. The van der Waals surface area contributed by atoms with Crippen LogP contribution in [0.1, 0.15) is 0 Å². The minimum absolute atomic E-state index is 0.378. The quantitative estimate of drug-likeness (QED) is 0.327. The highest BCUT2D eigenvalue weighted by Gasteiger charge is 2.17. The van der Waals surface area contributed by atoms with Crippen LogP contribution in [0.15, 0.2) is 60.9 Å². The van der Waals surface area contributed by atoms with Gasteiger partial charge in [0.05, 0.1) is 27.4 Å². The molecule has 37 heavy (non-hydrogen) atoms. The summed E-state index contributed by atoms with van der Waals surface area (Å²) in [6, 6.07) is 17.9. The third kappa shape index (κ3) is 5.99. The number of rotatable bonds is 10. The van der Waals surface area contributed by atoms with Gasteiger partial charge in [0.25, 0.3) is 0 Å². The number of ether oxygens (including phenoxy) is 4. The molecule has 1 aliphatic heterocycles. The van der Waals surface area contributed by atoms with Crippen LogP contribution in [0.4, 0.5) is 23.3 Å². The molecule has 2 heterocycles. The number of anilines is 4. The fourth-order valence-electron chi connectivity index (χ4n) is 4.20. The number of aromatic nitrogens is 3. The summed E-state index contributed by atoms with van der Waals surface area (Å²) in [7, 11) is 3.20. The van der Waals surface area contributed by atoms with Gasteiger partial charge in [0.2, 0.25) is 17.6 Å². The Morgan fingerprint density at radius 2 is 1.59 bits per heavy atom. The second-order valence-corrected chi connectivity index (χ2v) is 8.42. The number of fused-ring (bicyclic) bond motifs is 1. The van der Waals surface area contributed by atoms with Crippen LogP contribution in [0.5, 0.6) is 17.2 Å². The van der Waals surface area contributed by atoms with Crippen molar-refractivity contribution >= 4 is 34.0 Å². The van der Waals surface area contributed by atoms with E-state index < -0.39 is 0 Å². The van der Waals surface area contributed by atoms with E-state index in [4.69, 9.17) is 18.9 Å². The number of morpholine rings is 1. The summed E-state index contributed by atoms with van der Waals surface area (Å²) >= 11 is 0. The minimum atomic E-state index is 0.378. The van der Waals surface area contributed by atoms with Gasteiger partial charge in [-0.05, 0) is 11.5 Å². The van der Waals surface area contributed by atoms with E-state index in [1.54, 1.807) is 14.2 Å². The highest BCUT2D eigenvalue weighted by molar-refractivity contribution is 5.94. The van der Waals surface area contributed by atoms with Crippen molar-refractivity contribution in [2.24, 2.45) is 0 Å². The Morgan fingerprint density at radius 1 is 0.892 bits per heavy atom. The van der Waals surface area contributed by atoms with Crippen LogP contribution in [0.2, 0.25) is 0 Å². The van der Waals surface area contributed by atoms with Crippen LogP contribution in [0, 0.1) is 0 Å². The maximum atomic E-state index is 6.07. The first kappa shape index (κ1) is 24.5. The van der Waals surface area contributed by atoms with Crippen molar-refractivity contribution in [2.75, 3.05) is 64.3 Å². The Balaban J connectivity index is 1.30. The minimum Gasteiger partial charge on any atom is -0.493 e. The van der Waals surface area contributed by atoms with Gasteiger partial charge in [-0.3, -0.25) is 4.90 Å². The lowest BCUT2D eigenvalue weighted by Gasteiger charge is -2.26. The number of hydrogen-bond acceptors (Lipinski definition) is 10. The number of methoxy groups -OCH3 is 2. The maximum Gasteiger partial charge on any atom is 0.232 e. The molecule has 4 aromatic rings. The Bertz CT molecular complexity index is 1320. The van der Waals surface area contributed by atoms with Crippen molar-refractivity contribution in [3.05, 3.63) is 60.9 Å². The molecule has 10 heteroatoms. The molecule has 2 N–H and O–H groups in total. The summed E-state index contributed by atoms with van der Waals surface area (Å²) < 4.78 is 22.7. The van der Waals surface area contributed by atoms with Gasteiger partial charge < -0.3 is 29.6 Å². The van der Waals surface area contributed by atoms with Gasteiger partial charge in [0.15, 0.2) is 11.5 Å². The molecule has 0 spiro atoms. The lowest BCUT2D eigenvalue weighted by atomic mass is 10.1. The zero-order valence-electron chi connectivity index (χ0n) is 20.9. The molecule has 3 aromatic carbocycles. The van der Waals surface area contributed by atoms with Gasteiger partial charge in [0, 0.05) is 48.5 Å². The first-order valence-corrected chi connectivity index (χ1v) is 12.1. The van der Waals surface area contributed by atoms with E-state index in [9.17, 15) is 0 Å². The van der Waals surface area contributed by atoms with Crippen LogP contribution >= 0.6 is 0 Å². The van der Waals surface area contributed by atoms with Crippen LogP contribution in [0.3, 0.4) is 0 Å². The highest BCUT2D eigenvalue weighted by atomic mass is 16.5. The van der Waals surface area contributed by atoms with E-state index in [0.29, 0.717) is 41.4 Å². The van der Waals surface area contributed by atoms with E-state index in [1.807, 2.05) is 36.4 Å². The average Bonchev–Trinajstić information content (AvgIpc) is 2.94. The van der Waals surface area contributed by atoms with Crippen molar-refractivity contribution in [3.63, 3.8) is 0 Å². The van der Waals surface area contributed by atoms with E-state index in [2.05, 4.69) is 48.7 Å². The van der Waals surface area contributed by atoms with Crippen molar-refractivity contribution in [3.8, 4) is 17.2 Å². The molecule has 10 nitrogen and oxygen atoms in total. The van der Waals surface area contributed by atoms with Gasteiger partial charge in [-0.25, -0.2) is 9.97 Å². The maximum absolute atomic E-state index is 6.07. The van der Waals surface area contributed by atoms with Gasteiger partial charge in [-0.2, -0.15) is 4.98 Å². The molecule has 0 aliphatic carbocycles. The second-order valence-electron chi connectivity index (χ2n) is 8.42. The third-order valence-electron chi connectivity index (χ3n) is 6.08. The zero-order chi connectivity index (χ0) is 25.5. The summed E-state index contributed by atoms with van der Waals surface area (Å²) in [5, 5.41) is 8.72. The van der Waals surface area contributed by atoms with Gasteiger partial charge in [-0.15, -0.1) is 0 Å². The van der Waals surface area contributed by atoms with E-state index in [-0.39, 0.29) is 0 Å². The fraction of sp³-hybridized carbons (Fsp3) is 0.296. The zero-order valence-corrected chi connectivity index (χ0v) is 20.9. The molecule has 1 aromatic heterocycles. The molecule has 1 fully saturated rings. The number of benzene rings is 3. The van der Waals surface area contributed by atoms with Crippen LogP contribution in [0.25, 0.3) is 10.8 Å². The van der Waals surface area contributed by atoms with Gasteiger partial charge in [-0.1, -0.05) is 36.4 Å². The SMILES string of the molecule is COc1cc(Nc2ncnc(Nc3cccc4ccccc34)n2)cc(OC)c1OCCN1CCOCC1. The van der Waals surface area contributed by atoms with Crippen LogP contribution in [-0.2, 0) is 4.74 Å². The highest BCUT2D eigenvalue weighted by Crippen LogP contribution is 2.40. The molecule has 0 unspecified atom stereocenters. The lowest BCUT2D eigenvalue weighted by molar-refractivity contribution is 0.0319. The lowest BCUT2D eigenvalue weighted by Crippen LogP contribution is -2.38. The topological polar surface area (TPSA) is 103 Å². The Labute approximate surface area is 215 Å². The molecular weight excluding hydrogens is 472 g/mol. The van der Waals surface area contributed by atoms with Gasteiger partial charge in [0.1, 0.15) is 12.9 Å². The molecule has 0 bridgehead atoms. The number of hydrogen-bond donors (Lipinski definition) is 2. The molecule has 5 rings (SSSR count). The molecule has 192 valence electrons. The molecule has 1 aliphatic rings. The van der Waals surface area contributed by atoms with Crippen LogP contribution in [-0.4, -0.2) is 73.5 Å². The Morgan fingerprint density at radius 3 is 2.35 bits per heavy atom. The summed E-state index contributed by atoms with van der Waals surface area (Å²) in [5.41, 5.74) is 1.61. The van der Waals surface area contributed by atoms with E-state index in [0.717, 1.165) is 49.3 Å². The molecule has 1 saturated heterocycles. The Kier molecular flexibility index (Phi) is 7.78. The predicted octanol–water partition coefficient (Wildman–Crippen LogP) is 4.24. The van der Waals surface area contributed by atoms with Crippen molar-refractivity contribution in [1.82, 2.24) is 19.9 Å².